The lowest BCUT2D eigenvalue weighted by Gasteiger charge is -2.30. The number of nitrogens with zero attached hydrogens (tertiary/aromatic N) is 1. The van der Waals surface area contributed by atoms with Crippen molar-refractivity contribution in [2.45, 2.75) is 27.2 Å². The first-order valence-corrected chi connectivity index (χ1v) is 5.44. The van der Waals surface area contributed by atoms with Crippen LogP contribution in [-0.2, 0) is 9.53 Å². The molecule has 4 heteroatoms. The molecule has 0 spiro atoms. The summed E-state index contributed by atoms with van der Waals surface area (Å²) in [6.45, 7) is 9.59. The van der Waals surface area contributed by atoms with E-state index >= 15 is 0 Å². The highest BCUT2D eigenvalue weighted by molar-refractivity contribution is 5.69. The summed E-state index contributed by atoms with van der Waals surface area (Å²) in [6, 6.07) is 0. The largest absolute Gasteiger partial charge is 0.469 e. The molecular weight excluding hydrogens is 192 g/mol. The van der Waals surface area contributed by atoms with Gasteiger partial charge in [-0.05, 0) is 18.5 Å². The van der Waals surface area contributed by atoms with Gasteiger partial charge in [0.25, 0.3) is 0 Å². The molecule has 0 rings (SSSR count). The normalized spacial score (nSPS) is 11.9. The minimum atomic E-state index is -0.154. The van der Waals surface area contributed by atoms with Gasteiger partial charge in [0, 0.05) is 13.1 Å². The Morgan fingerprint density at radius 3 is 2.47 bits per heavy atom. The van der Waals surface area contributed by atoms with Gasteiger partial charge in [0.15, 0.2) is 0 Å². The third-order valence-corrected chi connectivity index (χ3v) is 2.51. The highest BCUT2D eigenvalue weighted by Crippen LogP contribution is 2.14. The number of esters is 1. The summed E-state index contributed by atoms with van der Waals surface area (Å²) in [4.78, 5) is 13.2. The van der Waals surface area contributed by atoms with E-state index in [1.807, 2.05) is 0 Å². The Morgan fingerprint density at radius 2 is 2.07 bits per heavy atom. The van der Waals surface area contributed by atoms with E-state index in [1.165, 1.54) is 7.11 Å². The Kier molecular flexibility index (Phi) is 6.52. The van der Waals surface area contributed by atoms with Crippen LogP contribution in [0.15, 0.2) is 0 Å². The van der Waals surface area contributed by atoms with E-state index in [2.05, 4.69) is 30.4 Å². The summed E-state index contributed by atoms with van der Waals surface area (Å²) >= 11 is 0. The molecule has 0 aromatic rings. The molecule has 0 fully saturated rings. The van der Waals surface area contributed by atoms with Gasteiger partial charge >= 0.3 is 5.97 Å². The van der Waals surface area contributed by atoms with Crippen LogP contribution in [-0.4, -0.2) is 44.2 Å². The van der Waals surface area contributed by atoms with Gasteiger partial charge in [-0.2, -0.15) is 0 Å². The minimum Gasteiger partial charge on any atom is -0.469 e. The van der Waals surface area contributed by atoms with Crippen LogP contribution < -0.4 is 5.73 Å². The topological polar surface area (TPSA) is 55.6 Å². The monoisotopic (exact) mass is 216 g/mol. The van der Waals surface area contributed by atoms with Crippen LogP contribution >= 0.6 is 0 Å². The van der Waals surface area contributed by atoms with Crippen LogP contribution in [0, 0.1) is 5.41 Å². The highest BCUT2D eigenvalue weighted by Gasteiger charge is 2.19. The average Bonchev–Trinajstić information content (AvgIpc) is 2.23. The van der Waals surface area contributed by atoms with E-state index in [-0.39, 0.29) is 11.4 Å². The van der Waals surface area contributed by atoms with Gasteiger partial charge in [-0.15, -0.1) is 0 Å². The maximum absolute atomic E-state index is 11.0. The lowest BCUT2D eigenvalue weighted by molar-refractivity contribution is -0.141. The second-order valence-electron chi connectivity index (χ2n) is 4.56. The third kappa shape index (κ3) is 6.47. The van der Waals surface area contributed by atoms with Crippen molar-refractivity contribution in [1.82, 2.24) is 4.90 Å². The van der Waals surface area contributed by atoms with Crippen LogP contribution in [0.1, 0.15) is 27.2 Å². The lowest BCUT2D eigenvalue weighted by atomic mass is 9.93. The lowest BCUT2D eigenvalue weighted by Crippen LogP contribution is -2.39. The fourth-order valence-corrected chi connectivity index (χ4v) is 1.37. The van der Waals surface area contributed by atoms with Gasteiger partial charge in [0.2, 0.25) is 0 Å². The molecule has 0 aromatic heterocycles. The van der Waals surface area contributed by atoms with Crippen molar-refractivity contribution in [3.8, 4) is 0 Å². The molecule has 15 heavy (non-hydrogen) atoms. The van der Waals surface area contributed by atoms with Crippen LogP contribution in [0.3, 0.4) is 0 Å². The Bertz CT molecular complexity index is 193. The van der Waals surface area contributed by atoms with E-state index in [1.54, 1.807) is 0 Å². The van der Waals surface area contributed by atoms with Crippen molar-refractivity contribution in [3.05, 3.63) is 0 Å². The van der Waals surface area contributed by atoms with E-state index < -0.39 is 0 Å². The summed E-state index contributed by atoms with van der Waals surface area (Å²) in [7, 11) is 1.42. The predicted molar refractivity (Wildman–Crippen MR) is 61.6 cm³/mol. The van der Waals surface area contributed by atoms with Crippen molar-refractivity contribution < 1.29 is 9.53 Å². The molecule has 0 radical (unpaired) electrons. The Morgan fingerprint density at radius 1 is 1.47 bits per heavy atom. The summed E-state index contributed by atoms with van der Waals surface area (Å²) in [6.07, 6.45) is 0.449. The predicted octanol–water partition coefficient (Wildman–Crippen LogP) is 0.856. The van der Waals surface area contributed by atoms with Gasteiger partial charge in [-0.1, -0.05) is 20.8 Å². The first-order valence-electron chi connectivity index (χ1n) is 5.44. The van der Waals surface area contributed by atoms with Gasteiger partial charge in [0.1, 0.15) is 0 Å². The maximum Gasteiger partial charge on any atom is 0.306 e. The number of rotatable bonds is 7. The molecule has 0 bridgehead atoms. The fraction of sp³-hybridized carbons (Fsp3) is 0.909. The molecule has 0 saturated carbocycles. The fourth-order valence-electron chi connectivity index (χ4n) is 1.37. The number of carbonyl (C=O) groups is 1. The molecule has 0 aromatic carbocycles. The SMILES string of the molecule is CCN(CCC(=O)OC)CC(C)(C)CN. The summed E-state index contributed by atoms with van der Waals surface area (Å²) in [5.74, 6) is -0.154. The molecule has 2 N–H and O–H groups in total. The van der Waals surface area contributed by atoms with Gasteiger partial charge in [-0.25, -0.2) is 0 Å². The molecule has 0 aliphatic carbocycles. The number of ether oxygens (including phenoxy) is 1. The summed E-state index contributed by atoms with van der Waals surface area (Å²) in [5.41, 5.74) is 5.78. The van der Waals surface area contributed by atoms with Crippen molar-refractivity contribution in [3.63, 3.8) is 0 Å². The van der Waals surface area contributed by atoms with Crippen molar-refractivity contribution in [1.29, 1.82) is 0 Å². The number of hydrogen-bond acceptors (Lipinski definition) is 4. The zero-order chi connectivity index (χ0) is 11.9. The van der Waals surface area contributed by atoms with E-state index in [0.29, 0.717) is 13.0 Å². The average molecular weight is 216 g/mol. The standard InChI is InChI=1S/C11H24N2O2/c1-5-13(7-6-10(14)15-4)9-11(2,3)8-12/h5-9,12H2,1-4H3. The molecule has 0 unspecified atom stereocenters. The minimum absolute atomic E-state index is 0.103. The summed E-state index contributed by atoms with van der Waals surface area (Å²) < 4.78 is 4.61. The third-order valence-electron chi connectivity index (χ3n) is 2.51. The molecule has 0 aliphatic heterocycles. The molecular formula is C11H24N2O2. The van der Waals surface area contributed by atoms with Crippen LogP contribution in [0.2, 0.25) is 0 Å². The quantitative estimate of drug-likeness (QED) is 0.641. The number of methoxy groups -OCH3 is 1. The molecule has 0 amide bonds. The van der Waals surface area contributed by atoms with Crippen molar-refractivity contribution >= 4 is 5.97 Å². The van der Waals surface area contributed by atoms with E-state index in [4.69, 9.17) is 5.73 Å². The maximum atomic E-state index is 11.0. The van der Waals surface area contributed by atoms with Crippen molar-refractivity contribution in [2.75, 3.05) is 33.3 Å². The smallest absolute Gasteiger partial charge is 0.306 e. The second-order valence-corrected chi connectivity index (χ2v) is 4.56. The van der Waals surface area contributed by atoms with Gasteiger partial charge in [0.05, 0.1) is 13.5 Å². The number of nitrogens with two attached hydrogens (primary N) is 1. The number of carbonyl (C=O) groups excluding carboxylic acids is 1. The zero-order valence-corrected chi connectivity index (χ0v) is 10.4. The van der Waals surface area contributed by atoms with Crippen molar-refractivity contribution in [2.24, 2.45) is 11.1 Å². The molecule has 90 valence electrons. The molecule has 0 atom stereocenters. The second kappa shape index (κ2) is 6.80. The molecule has 0 aliphatic rings. The zero-order valence-electron chi connectivity index (χ0n) is 10.4. The first-order chi connectivity index (χ1) is 6.95. The van der Waals surface area contributed by atoms with Crippen LogP contribution in [0.5, 0.6) is 0 Å². The Hall–Kier alpha value is -0.610. The summed E-state index contributed by atoms with van der Waals surface area (Å²) in [5, 5.41) is 0. The molecule has 0 heterocycles. The Labute approximate surface area is 92.8 Å². The van der Waals surface area contributed by atoms with E-state index in [9.17, 15) is 4.79 Å². The first kappa shape index (κ1) is 14.4. The molecule has 4 nitrogen and oxygen atoms in total. The van der Waals surface area contributed by atoms with E-state index in [0.717, 1.165) is 19.6 Å². The van der Waals surface area contributed by atoms with Gasteiger partial charge in [-0.3, -0.25) is 4.79 Å². The Balaban J connectivity index is 3.98. The van der Waals surface area contributed by atoms with Gasteiger partial charge < -0.3 is 15.4 Å². The van der Waals surface area contributed by atoms with Crippen LogP contribution in [0.4, 0.5) is 0 Å². The number of hydrogen-bond donors (Lipinski definition) is 1. The highest BCUT2D eigenvalue weighted by atomic mass is 16.5. The van der Waals surface area contributed by atoms with Crippen LogP contribution in [0.25, 0.3) is 0 Å². The molecule has 0 saturated heterocycles.